The van der Waals surface area contributed by atoms with Crippen LogP contribution in [0.15, 0.2) is 0 Å². The quantitative estimate of drug-likeness (QED) is 0.280. The van der Waals surface area contributed by atoms with Crippen molar-refractivity contribution in [1.29, 1.82) is 0 Å². The number of methoxy groups -OCH3 is 2. The molecule has 0 N–H and O–H groups in total. The summed E-state index contributed by atoms with van der Waals surface area (Å²) in [6, 6.07) is 0. The lowest BCUT2D eigenvalue weighted by Crippen LogP contribution is -2.09. The van der Waals surface area contributed by atoms with Crippen molar-refractivity contribution >= 4 is 5.97 Å². The Hall–Kier alpha value is -1.05. The van der Waals surface area contributed by atoms with E-state index >= 15 is 0 Å². The third kappa shape index (κ3) is 11.8. The van der Waals surface area contributed by atoms with Gasteiger partial charge in [-0.15, -0.1) is 0 Å². The van der Waals surface area contributed by atoms with Crippen molar-refractivity contribution in [3.05, 3.63) is 0 Å². The van der Waals surface area contributed by atoms with Crippen molar-refractivity contribution < 1.29 is 19.0 Å². The third-order valence-corrected chi connectivity index (χ3v) is 2.41. The van der Waals surface area contributed by atoms with Gasteiger partial charge in [0, 0.05) is 27.1 Å². The van der Waals surface area contributed by atoms with E-state index in [0.29, 0.717) is 18.9 Å². The summed E-state index contributed by atoms with van der Waals surface area (Å²) >= 11 is 0. The molecule has 0 aromatic carbocycles. The van der Waals surface area contributed by atoms with E-state index in [1.54, 1.807) is 14.2 Å². The maximum absolute atomic E-state index is 11.3. The Bertz CT molecular complexity index is 284. The van der Waals surface area contributed by atoms with Gasteiger partial charge < -0.3 is 14.2 Å². The molecule has 0 heterocycles. The van der Waals surface area contributed by atoms with Gasteiger partial charge in [-0.1, -0.05) is 26.2 Å². The Morgan fingerprint density at radius 2 is 1.79 bits per heavy atom. The maximum Gasteiger partial charge on any atom is 0.305 e. The maximum atomic E-state index is 11.3. The number of carbonyl (C=O) groups is 1. The van der Waals surface area contributed by atoms with Crippen LogP contribution in [-0.4, -0.2) is 33.1 Å². The zero-order chi connectivity index (χ0) is 14.5. The highest BCUT2D eigenvalue weighted by Crippen LogP contribution is 2.04. The number of carbonyl (C=O) groups excluding carboxylic acids is 1. The van der Waals surface area contributed by atoms with Gasteiger partial charge in [0.1, 0.15) is 0 Å². The Morgan fingerprint density at radius 3 is 2.37 bits per heavy atom. The molecule has 19 heavy (non-hydrogen) atoms. The van der Waals surface area contributed by atoms with Crippen molar-refractivity contribution in [2.45, 2.75) is 52.2 Å². The molecule has 0 aromatic heterocycles. The second kappa shape index (κ2) is 12.0. The van der Waals surface area contributed by atoms with Gasteiger partial charge in [0.25, 0.3) is 0 Å². The molecular weight excluding hydrogens is 244 g/mol. The minimum absolute atomic E-state index is 0.0985. The topological polar surface area (TPSA) is 44.8 Å². The Labute approximate surface area is 116 Å². The van der Waals surface area contributed by atoms with Crippen LogP contribution in [0, 0.1) is 17.8 Å². The van der Waals surface area contributed by atoms with Crippen molar-refractivity contribution in [1.82, 2.24) is 0 Å². The fourth-order valence-corrected chi connectivity index (χ4v) is 1.36. The lowest BCUT2D eigenvalue weighted by atomic mass is 10.1. The summed E-state index contributed by atoms with van der Waals surface area (Å²) in [4.78, 5) is 11.3. The molecule has 110 valence electrons. The van der Waals surface area contributed by atoms with Gasteiger partial charge in [0.2, 0.25) is 6.29 Å². The lowest BCUT2D eigenvalue weighted by Gasteiger charge is -2.06. The first-order chi connectivity index (χ1) is 9.10. The van der Waals surface area contributed by atoms with E-state index in [1.807, 2.05) is 13.8 Å². The fourth-order valence-electron chi connectivity index (χ4n) is 1.36. The summed E-state index contributed by atoms with van der Waals surface area (Å²) in [7, 11) is 3.12. The highest BCUT2D eigenvalue weighted by molar-refractivity contribution is 5.69. The average molecular weight is 270 g/mol. The molecule has 0 radical (unpaired) electrons. The highest BCUT2D eigenvalue weighted by Gasteiger charge is 2.03. The molecule has 0 saturated heterocycles. The van der Waals surface area contributed by atoms with Gasteiger partial charge in [-0.3, -0.25) is 4.79 Å². The van der Waals surface area contributed by atoms with Gasteiger partial charge in [0.15, 0.2) is 0 Å². The van der Waals surface area contributed by atoms with E-state index in [2.05, 4.69) is 11.8 Å². The Morgan fingerprint density at radius 1 is 1.11 bits per heavy atom. The molecule has 0 unspecified atom stereocenters. The van der Waals surface area contributed by atoms with Gasteiger partial charge in [-0.2, -0.15) is 0 Å². The number of hydrogen-bond acceptors (Lipinski definition) is 4. The predicted octanol–water partition coefficient (Wildman–Crippen LogP) is 2.76. The first-order valence-corrected chi connectivity index (χ1v) is 6.79. The Balaban J connectivity index is 3.47. The van der Waals surface area contributed by atoms with Crippen LogP contribution >= 0.6 is 0 Å². The minimum Gasteiger partial charge on any atom is -0.465 e. The van der Waals surface area contributed by atoms with Crippen molar-refractivity contribution in [2.24, 2.45) is 5.92 Å². The normalized spacial score (nSPS) is 10.4. The van der Waals surface area contributed by atoms with Crippen molar-refractivity contribution in [3.8, 4) is 11.8 Å². The molecule has 4 nitrogen and oxygen atoms in total. The van der Waals surface area contributed by atoms with Crippen LogP contribution < -0.4 is 0 Å². The smallest absolute Gasteiger partial charge is 0.305 e. The average Bonchev–Trinajstić information content (AvgIpc) is 2.39. The van der Waals surface area contributed by atoms with E-state index in [-0.39, 0.29) is 5.97 Å². The second-order valence-electron chi connectivity index (χ2n) is 4.76. The summed E-state index contributed by atoms with van der Waals surface area (Å²) < 4.78 is 15.0. The van der Waals surface area contributed by atoms with E-state index in [0.717, 1.165) is 25.7 Å². The summed E-state index contributed by atoms with van der Waals surface area (Å²) in [5.41, 5.74) is 0. The Kier molecular flexibility index (Phi) is 11.3. The molecular formula is C15H26O4. The number of esters is 1. The number of unbranched alkanes of at least 4 members (excludes halogenated alkanes) is 3. The van der Waals surface area contributed by atoms with Gasteiger partial charge in [-0.05, 0) is 24.7 Å². The van der Waals surface area contributed by atoms with Crippen LogP contribution in [0.1, 0.15) is 46.0 Å². The summed E-state index contributed by atoms with van der Waals surface area (Å²) in [6.07, 6.45) is 3.67. The molecule has 0 atom stereocenters. The largest absolute Gasteiger partial charge is 0.465 e. The lowest BCUT2D eigenvalue weighted by molar-refractivity contribution is -0.144. The van der Waals surface area contributed by atoms with E-state index in [9.17, 15) is 4.79 Å². The number of rotatable bonds is 9. The molecule has 0 rings (SSSR count). The van der Waals surface area contributed by atoms with Gasteiger partial charge in [0.05, 0.1) is 6.61 Å². The molecule has 0 bridgehead atoms. The zero-order valence-electron chi connectivity index (χ0n) is 12.5. The van der Waals surface area contributed by atoms with Crippen molar-refractivity contribution in [3.63, 3.8) is 0 Å². The number of hydrogen-bond donors (Lipinski definition) is 0. The van der Waals surface area contributed by atoms with Crippen LogP contribution in [0.25, 0.3) is 0 Å². The summed E-state index contributed by atoms with van der Waals surface area (Å²) in [5, 5.41) is 0. The standard InChI is InChI=1S/C15H26O4/c1-13(2)12-19-14(16)10-8-6-5-7-9-11-15(17-3)18-4/h13,15H,5-8,10,12H2,1-4H3. The van der Waals surface area contributed by atoms with Crippen LogP contribution in [0.3, 0.4) is 0 Å². The molecule has 0 amide bonds. The monoisotopic (exact) mass is 270 g/mol. The molecule has 0 aliphatic rings. The SMILES string of the molecule is COC(C#CCCCCCC(=O)OCC(C)C)OC. The first kappa shape index (κ1) is 17.9. The molecule has 4 heteroatoms. The first-order valence-electron chi connectivity index (χ1n) is 6.79. The molecule has 0 aliphatic carbocycles. The van der Waals surface area contributed by atoms with Crippen LogP contribution in [0.4, 0.5) is 0 Å². The summed E-state index contributed by atoms with van der Waals surface area (Å²) in [6.45, 7) is 4.57. The molecule has 0 spiro atoms. The number of ether oxygens (including phenoxy) is 3. The molecule has 0 aromatic rings. The summed E-state index contributed by atoms with van der Waals surface area (Å²) in [5.74, 6) is 6.16. The van der Waals surface area contributed by atoms with E-state index < -0.39 is 6.29 Å². The second-order valence-corrected chi connectivity index (χ2v) is 4.76. The highest BCUT2D eigenvalue weighted by atomic mass is 16.7. The third-order valence-electron chi connectivity index (χ3n) is 2.41. The van der Waals surface area contributed by atoms with Gasteiger partial charge in [-0.25, -0.2) is 0 Å². The predicted molar refractivity (Wildman–Crippen MR) is 74.5 cm³/mol. The minimum atomic E-state index is -0.439. The zero-order valence-corrected chi connectivity index (χ0v) is 12.5. The van der Waals surface area contributed by atoms with Gasteiger partial charge >= 0.3 is 5.97 Å². The molecule has 0 aliphatic heterocycles. The molecule has 0 fully saturated rings. The fraction of sp³-hybridized carbons (Fsp3) is 0.800. The van der Waals surface area contributed by atoms with Crippen LogP contribution in [0.2, 0.25) is 0 Å². The van der Waals surface area contributed by atoms with Crippen molar-refractivity contribution in [2.75, 3.05) is 20.8 Å². The van der Waals surface area contributed by atoms with Crippen LogP contribution in [0.5, 0.6) is 0 Å². The molecule has 0 saturated carbocycles. The van der Waals surface area contributed by atoms with E-state index in [1.165, 1.54) is 0 Å². The van der Waals surface area contributed by atoms with Crippen LogP contribution in [-0.2, 0) is 19.0 Å². The van der Waals surface area contributed by atoms with E-state index in [4.69, 9.17) is 14.2 Å².